The van der Waals surface area contributed by atoms with Crippen molar-refractivity contribution in [3.8, 4) is 5.75 Å². The van der Waals surface area contributed by atoms with Crippen LogP contribution in [0.25, 0.3) is 0 Å². The van der Waals surface area contributed by atoms with E-state index < -0.39 is 5.60 Å². The quantitative estimate of drug-likeness (QED) is 0.774. The molecular formula is C20H25NO2S. The number of aliphatic hydroxyl groups is 1. The summed E-state index contributed by atoms with van der Waals surface area (Å²) in [4.78, 5) is 2.02. The molecule has 0 aliphatic heterocycles. The molecule has 0 aliphatic rings. The summed E-state index contributed by atoms with van der Waals surface area (Å²) in [5.74, 6) is 0.368. The standard InChI is InChI=1S/C20H25NO2S/c1-4-20(22,16-11-7-5-8-12-16)18(15-21(2)3)19(24)23-17-13-9-6-10-14-17/h5-14,18,22H,4,15H2,1-3H3. The van der Waals surface area contributed by atoms with E-state index in [4.69, 9.17) is 17.0 Å². The van der Waals surface area contributed by atoms with Crippen molar-refractivity contribution in [2.75, 3.05) is 20.6 Å². The minimum atomic E-state index is -1.07. The normalized spacial score (nSPS) is 14.9. The lowest BCUT2D eigenvalue weighted by atomic mass is 9.79. The Balaban J connectivity index is 2.33. The van der Waals surface area contributed by atoms with Gasteiger partial charge in [-0.25, -0.2) is 0 Å². The van der Waals surface area contributed by atoms with Crippen molar-refractivity contribution in [2.45, 2.75) is 18.9 Å². The second-order valence-electron chi connectivity index (χ2n) is 6.19. The van der Waals surface area contributed by atoms with Gasteiger partial charge in [0, 0.05) is 6.54 Å². The molecule has 0 aliphatic carbocycles. The molecule has 0 fully saturated rings. The third-order valence-electron chi connectivity index (χ3n) is 4.18. The molecule has 2 atom stereocenters. The predicted octanol–water partition coefficient (Wildman–Crippen LogP) is 3.87. The van der Waals surface area contributed by atoms with Crippen molar-refractivity contribution in [2.24, 2.45) is 5.92 Å². The van der Waals surface area contributed by atoms with Crippen LogP contribution in [0.1, 0.15) is 18.9 Å². The number of benzene rings is 2. The fourth-order valence-corrected chi connectivity index (χ4v) is 3.21. The van der Waals surface area contributed by atoms with E-state index in [0.29, 0.717) is 23.8 Å². The maximum Gasteiger partial charge on any atom is 0.174 e. The largest absolute Gasteiger partial charge is 0.450 e. The molecule has 3 nitrogen and oxygen atoms in total. The van der Waals surface area contributed by atoms with Crippen molar-refractivity contribution in [1.82, 2.24) is 4.90 Å². The van der Waals surface area contributed by atoms with E-state index in [1.807, 2.05) is 86.6 Å². The number of thiocarbonyl (C=S) groups is 1. The highest BCUT2D eigenvalue weighted by molar-refractivity contribution is 7.80. The smallest absolute Gasteiger partial charge is 0.174 e. The number of rotatable bonds is 7. The summed E-state index contributed by atoms with van der Waals surface area (Å²) in [5.41, 5.74) is -0.212. The van der Waals surface area contributed by atoms with Crippen molar-refractivity contribution >= 4 is 17.3 Å². The van der Waals surface area contributed by atoms with Gasteiger partial charge in [-0.2, -0.15) is 0 Å². The Morgan fingerprint density at radius 2 is 1.62 bits per heavy atom. The maximum absolute atomic E-state index is 11.5. The van der Waals surface area contributed by atoms with E-state index in [1.165, 1.54) is 0 Å². The maximum atomic E-state index is 11.5. The molecule has 4 heteroatoms. The Kier molecular flexibility index (Phi) is 6.49. The molecule has 0 amide bonds. The number of hydrogen-bond acceptors (Lipinski definition) is 4. The Labute approximate surface area is 149 Å². The fraction of sp³-hybridized carbons (Fsp3) is 0.350. The first-order valence-corrected chi connectivity index (χ1v) is 8.57. The van der Waals surface area contributed by atoms with Gasteiger partial charge in [-0.05, 0) is 50.4 Å². The van der Waals surface area contributed by atoms with Crippen LogP contribution >= 0.6 is 12.2 Å². The Morgan fingerprint density at radius 3 is 2.12 bits per heavy atom. The first kappa shape index (κ1) is 18.6. The van der Waals surface area contributed by atoms with E-state index in [9.17, 15) is 5.11 Å². The molecule has 0 saturated heterocycles. The van der Waals surface area contributed by atoms with Crippen LogP contribution < -0.4 is 4.74 Å². The van der Waals surface area contributed by atoms with Gasteiger partial charge < -0.3 is 14.7 Å². The zero-order valence-corrected chi connectivity index (χ0v) is 15.3. The van der Waals surface area contributed by atoms with Gasteiger partial charge in [0.15, 0.2) is 5.05 Å². The first-order chi connectivity index (χ1) is 11.5. The fourth-order valence-electron chi connectivity index (χ4n) is 2.84. The molecule has 2 rings (SSSR count). The summed E-state index contributed by atoms with van der Waals surface area (Å²) in [5, 5.41) is 11.9. The number of hydrogen-bond donors (Lipinski definition) is 1. The molecule has 2 aromatic rings. The van der Waals surface area contributed by atoms with E-state index in [-0.39, 0.29) is 5.92 Å². The van der Waals surface area contributed by atoms with Crippen LogP contribution in [0.5, 0.6) is 5.75 Å². The van der Waals surface area contributed by atoms with Crippen molar-refractivity contribution < 1.29 is 9.84 Å². The number of ether oxygens (including phenoxy) is 1. The van der Waals surface area contributed by atoms with Crippen LogP contribution in [-0.2, 0) is 5.60 Å². The van der Waals surface area contributed by atoms with Gasteiger partial charge >= 0.3 is 0 Å². The summed E-state index contributed by atoms with van der Waals surface area (Å²) in [6.45, 7) is 2.58. The summed E-state index contributed by atoms with van der Waals surface area (Å²) >= 11 is 5.58. The lowest BCUT2D eigenvalue weighted by molar-refractivity contribution is -0.0134. The summed E-state index contributed by atoms with van der Waals surface area (Å²) < 4.78 is 5.89. The van der Waals surface area contributed by atoms with E-state index in [0.717, 1.165) is 5.56 Å². The van der Waals surface area contributed by atoms with Crippen molar-refractivity contribution in [3.05, 3.63) is 66.2 Å². The Bertz CT molecular complexity index is 645. The molecular weight excluding hydrogens is 318 g/mol. The minimum Gasteiger partial charge on any atom is -0.450 e. The summed E-state index contributed by atoms with van der Waals surface area (Å²) in [6, 6.07) is 19.2. The van der Waals surface area contributed by atoms with Gasteiger partial charge in [0.1, 0.15) is 11.4 Å². The topological polar surface area (TPSA) is 32.7 Å². The molecule has 0 spiro atoms. The molecule has 0 bridgehead atoms. The predicted molar refractivity (Wildman–Crippen MR) is 102 cm³/mol. The second kappa shape index (κ2) is 8.38. The van der Waals surface area contributed by atoms with Crippen LogP contribution in [0.3, 0.4) is 0 Å². The second-order valence-corrected chi connectivity index (χ2v) is 6.60. The van der Waals surface area contributed by atoms with Crippen LogP contribution in [0.4, 0.5) is 0 Å². The average Bonchev–Trinajstić information content (AvgIpc) is 2.60. The van der Waals surface area contributed by atoms with Gasteiger partial charge in [0.2, 0.25) is 0 Å². The lowest BCUT2D eigenvalue weighted by Crippen LogP contribution is -2.45. The molecule has 128 valence electrons. The van der Waals surface area contributed by atoms with Crippen LogP contribution in [-0.4, -0.2) is 35.7 Å². The van der Waals surface area contributed by atoms with E-state index in [1.54, 1.807) is 0 Å². The lowest BCUT2D eigenvalue weighted by Gasteiger charge is -2.37. The Hall–Kier alpha value is -1.75. The van der Waals surface area contributed by atoms with Crippen LogP contribution in [0, 0.1) is 5.92 Å². The van der Waals surface area contributed by atoms with Crippen molar-refractivity contribution in [1.29, 1.82) is 0 Å². The molecule has 2 unspecified atom stereocenters. The van der Waals surface area contributed by atoms with Gasteiger partial charge in [-0.3, -0.25) is 0 Å². The third-order valence-corrected chi connectivity index (χ3v) is 4.55. The molecule has 1 N–H and O–H groups in total. The van der Waals surface area contributed by atoms with Gasteiger partial charge in [0.25, 0.3) is 0 Å². The molecule has 0 aromatic heterocycles. The average molecular weight is 343 g/mol. The molecule has 0 saturated carbocycles. The monoisotopic (exact) mass is 343 g/mol. The SMILES string of the molecule is CCC(O)(c1ccccc1)C(CN(C)C)C(=S)Oc1ccccc1. The molecule has 0 radical (unpaired) electrons. The first-order valence-electron chi connectivity index (χ1n) is 8.16. The van der Waals surface area contributed by atoms with Gasteiger partial charge in [-0.15, -0.1) is 0 Å². The highest BCUT2D eigenvalue weighted by atomic mass is 32.1. The van der Waals surface area contributed by atoms with E-state index >= 15 is 0 Å². The highest BCUT2D eigenvalue weighted by Gasteiger charge is 2.40. The summed E-state index contributed by atoms with van der Waals surface area (Å²) in [7, 11) is 3.94. The number of para-hydroxylation sites is 1. The molecule has 0 heterocycles. The molecule has 2 aromatic carbocycles. The number of nitrogens with zero attached hydrogens (tertiary/aromatic N) is 1. The Morgan fingerprint density at radius 1 is 1.08 bits per heavy atom. The summed E-state index contributed by atoms with van der Waals surface area (Å²) in [6.07, 6.45) is 0.549. The van der Waals surface area contributed by atoms with Crippen LogP contribution in [0.15, 0.2) is 60.7 Å². The van der Waals surface area contributed by atoms with Gasteiger partial charge in [-0.1, -0.05) is 55.5 Å². The third kappa shape index (κ3) is 4.41. The van der Waals surface area contributed by atoms with E-state index in [2.05, 4.69) is 0 Å². The zero-order valence-electron chi connectivity index (χ0n) is 14.5. The van der Waals surface area contributed by atoms with Crippen molar-refractivity contribution in [3.63, 3.8) is 0 Å². The van der Waals surface area contributed by atoms with Crippen LogP contribution in [0.2, 0.25) is 0 Å². The highest BCUT2D eigenvalue weighted by Crippen LogP contribution is 2.35. The minimum absolute atomic E-state index is 0.324. The molecule has 24 heavy (non-hydrogen) atoms. The van der Waals surface area contributed by atoms with Gasteiger partial charge in [0.05, 0.1) is 5.92 Å². The zero-order chi connectivity index (χ0) is 17.6.